The lowest BCUT2D eigenvalue weighted by Gasteiger charge is -2.23. The third kappa shape index (κ3) is 2.50. The number of fused-ring (bicyclic) bond motifs is 1. The molecule has 0 saturated carbocycles. The normalized spacial score (nSPS) is 16.7. The average Bonchev–Trinajstić information content (AvgIpc) is 2.86. The van der Waals surface area contributed by atoms with Crippen LogP contribution >= 0.6 is 11.6 Å². The monoisotopic (exact) mass is 294 g/mol. The summed E-state index contributed by atoms with van der Waals surface area (Å²) in [5.41, 5.74) is 2.00. The molecule has 1 fully saturated rings. The SMILES string of the molecule is COc1cccc2c1nc(CCl)n2CC1CCOCC1. The number of aromatic nitrogens is 2. The first-order chi connectivity index (χ1) is 9.83. The van der Waals surface area contributed by atoms with Crippen molar-refractivity contribution in [3.63, 3.8) is 0 Å². The van der Waals surface area contributed by atoms with Crippen LogP contribution in [-0.2, 0) is 17.2 Å². The summed E-state index contributed by atoms with van der Waals surface area (Å²) >= 11 is 6.07. The number of halogens is 1. The third-order valence-electron chi connectivity index (χ3n) is 3.94. The molecular weight excluding hydrogens is 276 g/mol. The number of imidazole rings is 1. The molecule has 0 amide bonds. The molecule has 108 valence electrons. The van der Waals surface area contributed by atoms with Crippen LogP contribution in [0.5, 0.6) is 5.75 Å². The Morgan fingerprint density at radius 2 is 2.20 bits per heavy atom. The van der Waals surface area contributed by atoms with Crippen molar-refractivity contribution >= 4 is 22.6 Å². The van der Waals surface area contributed by atoms with Gasteiger partial charge in [-0.2, -0.15) is 0 Å². The van der Waals surface area contributed by atoms with Crippen molar-refractivity contribution in [1.29, 1.82) is 0 Å². The molecule has 0 aliphatic carbocycles. The van der Waals surface area contributed by atoms with Gasteiger partial charge in [-0.15, -0.1) is 11.6 Å². The van der Waals surface area contributed by atoms with Gasteiger partial charge in [-0.05, 0) is 30.9 Å². The maximum absolute atomic E-state index is 6.07. The fourth-order valence-electron chi connectivity index (χ4n) is 2.83. The highest BCUT2D eigenvalue weighted by molar-refractivity contribution is 6.16. The van der Waals surface area contributed by atoms with Gasteiger partial charge in [0.05, 0.1) is 18.5 Å². The zero-order valence-electron chi connectivity index (χ0n) is 11.6. The van der Waals surface area contributed by atoms with Crippen LogP contribution in [0.25, 0.3) is 11.0 Å². The molecule has 20 heavy (non-hydrogen) atoms. The van der Waals surface area contributed by atoms with Crippen molar-refractivity contribution in [3.8, 4) is 5.75 Å². The summed E-state index contributed by atoms with van der Waals surface area (Å²) in [5.74, 6) is 2.77. The predicted molar refractivity (Wildman–Crippen MR) is 79.4 cm³/mol. The number of ether oxygens (including phenoxy) is 2. The van der Waals surface area contributed by atoms with E-state index in [0.717, 1.165) is 55.2 Å². The summed E-state index contributed by atoms with van der Waals surface area (Å²) in [6, 6.07) is 6.02. The minimum Gasteiger partial charge on any atom is -0.494 e. The summed E-state index contributed by atoms with van der Waals surface area (Å²) in [5, 5.41) is 0. The molecule has 0 radical (unpaired) electrons. The molecule has 2 heterocycles. The van der Waals surface area contributed by atoms with Gasteiger partial charge >= 0.3 is 0 Å². The van der Waals surface area contributed by atoms with Crippen molar-refractivity contribution in [3.05, 3.63) is 24.0 Å². The topological polar surface area (TPSA) is 36.3 Å². The molecule has 0 N–H and O–H groups in total. The van der Waals surface area contributed by atoms with E-state index in [1.807, 2.05) is 12.1 Å². The Labute approximate surface area is 123 Å². The Hall–Kier alpha value is -1.26. The number of alkyl halides is 1. The Bertz CT molecular complexity index is 591. The van der Waals surface area contributed by atoms with Crippen molar-refractivity contribution < 1.29 is 9.47 Å². The van der Waals surface area contributed by atoms with Crippen LogP contribution in [0.4, 0.5) is 0 Å². The summed E-state index contributed by atoms with van der Waals surface area (Å²) in [6.45, 7) is 2.67. The highest BCUT2D eigenvalue weighted by Crippen LogP contribution is 2.28. The van der Waals surface area contributed by atoms with Gasteiger partial charge in [-0.3, -0.25) is 0 Å². The van der Waals surface area contributed by atoms with Gasteiger partial charge < -0.3 is 14.0 Å². The van der Waals surface area contributed by atoms with Gasteiger partial charge in [-0.1, -0.05) is 6.07 Å². The molecular formula is C15H19ClN2O2. The molecule has 1 aliphatic rings. The summed E-state index contributed by atoms with van der Waals surface area (Å²) in [7, 11) is 1.67. The highest BCUT2D eigenvalue weighted by Gasteiger charge is 2.19. The molecule has 3 rings (SSSR count). The maximum Gasteiger partial charge on any atom is 0.146 e. The fourth-order valence-corrected chi connectivity index (χ4v) is 3.03. The lowest BCUT2D eigenvalue weighted by atomic mass is 10.0. The second-order valence-electron chi connectivity index (χ2n) is 5.16. The second kappa shape index (κ2) is 6.02. The zero-order chi connectivity index (χ0) is 13.9. The van der Waals surface area contributed by atoms with E-state index in [1.54, 1.807) is 7.11 Å². The highest BCUT2D eigenvalue weighted by atomic mass is 35.5. The molecule has 4 nitrogen and oxygen atoms in total. The quantitative estimate of drug-likeness (QED) is 0.813. The Kier molecular flexibility index (Phi) is 4.13. The molecule has 5 heteroatoms. The Morgan fingerprint density at radius 1 is 1.40 bits per heavy atom. The van der Waals surface area contributed by atoms with Gasteiger partial charge in [0.1, 0.15) is 17.1 Å². The minimum absolute atomic E-state index is 0.418. The number of benzene rings is 1. The summed E-state index contributed by atoms with van der Waals surface area (Å²) in [4.78, 5) is 4.64. The van der Waals surface area contributed by atoms with Crippen LogP contribution in [0, 0.1) is 5.92 Å². The van der Waals surface area contributed by atoms with Crippen LogP contribution in [0.15, 0.2) is 18.2 Å². The molecule has 0 atom stereocenters. The standard InChI is InChI=1S/C15H19ClN2O2/c1-19-13-4-2-3-12-15(13)17-14(9-16)18(12)10-11-5-7-20-8-6-11/h2-4,11H,5-10H2,1H3. The number of para-hydroxylation sites is 1. The predicted octanol–water partition coefficient (Wildman–Crippen LogP) is 3.21. The van der Waals surface area contributed by atoms with Gasteiger partial charge in [0.15, 0.2) is 0 Å². The molecule has 1 aromatic heterocycles. The van der Waals surface area contributed by atoms with E-state index in [2.05, 4.69) is 15.6 Å². The smallest absolute Gasteiger partial charge is 0.146 e. The minimum atomic E-state index is 0.418. The zero-order valence-corrected chi connectivity index (χ0v) is 12.4. The van der Waals surface area contributed by atoms with Gasteiger partial charge in [0, 0.05) is 19.8 Å². The number of rotatable bonds is 4. The first kappa shape index (κ1) is 13.7. The van der Waals surface area contributed by atoms with E-state index in [9.17, 15) is 0 Å². The lowest BCUT2D eigenvalue weighted by Crippen LogP contribution is -2.21. The lowest BCUT2D eigenvalue weighted by molar-refractivity contribution is 0.0614. The van der Waals surface area contributed by atoms with E-state index in [4.69, 9.17) is 21.1 Å². The number of nitrogens with zero attached hydrogens (tertiary/aromatic N) is 2. The molecule has 2 aromatic rings. The first-order valence-electron chi connectivity index (χ1n) is 6.99. The van der Waals surface area contributed by atoms with Gasteiger partial charge in [0.2, 0.25) is 0 Å². The van der Waals surface area contributed by atoms with Crippen LogP contribution in [0.2, 0.25) is 0 Å². The van der Waals surface area contributed by atoms with Crippen LogP contribution in [0.1, 0.15) is 18.7 Å². The Balaban J connectivity index is 1.99. The van der Waals surface area contributed by atoms with Crippen LogP contribution in [-0.4, -0.2) is 29.9 Å². The Morgan fingerprint density at radius 3 is 2.90 bits per heavy atom. The maximum atomic E-state index is 6.07. The number of hydrogen-bond donors (Lipinski definition) is 0. The molecule has 1 aliphatic heterocycles. The number of hydrogen-bond acceptors (Lipinski definition) is 3. The van der Waals surface area contributed by atoms with Gasteiger partial charge in [0.25, 0.3) is 0 Å². The van der Waals surface area contributed by atoms with E-state index >= 15 is 0 Å². The molecule has 1 aromatic carbocycles. The van der Waals surface area contributed by atoms with Crippen molar-refractivity contribution in [2.45, 2.75) is 25.3 Å². The second-order valence-corrected chi connectivity index (χ2v) is 5.42. The number of methoxy groups -OCH3 is 1. The molecule has 0 bridgehead atoms. The molecule has 0 unspecified atom stereocenters. The van der Waals surface area contributed by atoms with Crippen molar-refractivity contribution in [2.24, 2.45) is 5.92 Å². The largest absolute Gasteiger partial charge is 0.494 e. The van der Waals surface area contributed by atoms with Crippen molar-refractivity contribution in [1.82, 2.24) is 9.55 Å². The average molecular weight is 295 g/mol. The summed E-state index contributed by atoms with van der Waals surface area (Å²) < 4.78 is 13.1. The summed E-state index contributed by atoms with van der Waals surface area (Å²) in [6.07, 6.45) is 2.21. The van der Waals surface area contributed by atoms with E-state index in [0.29, 0.717) is 11.8 Å². The van der Waals surface area contributed by atoms with Crippen molar-refractivity contribution in [2.75, 3.05) is 20.3 Å². The molecule has 1 saturated heterocycles. The third-order valence-corrected chi connectivity index (χ3v) is 4.18. The fraction of sp³-hybridized carbons (Fsp3) is 0.533. The molecule has 0 spiro atoms. The van der Waals surface area contributed by atoms with Gasteiger partial charge in [-0.25, -0.2) is 4.98 Å². The van der Waals surface area contributed by atoms with E-state index in [1.165, 1.54) is 0 Å². The van der Waals surface area contributed by atoms with Crippen LogP contribution in [0.3, 0.4) is 0 Å². The van der Waals surface area contributed by atoms with E-state index in [-0.39, 0.29) is 0 Å². The van der Waals surface area contributed by atoms with Crippen LogP contribution < -0.4 is 4.74 Å². The van der Waals surface area contributed by atoms with E-state index < -0.39 is 0 Å². The first-order valence-corrected chi connectivity index (χ1v) is 7.52.